The number of methoxy groups -OCH3 is 1. The SMILES string of the molecule is CCOC(=O)C1=C(C)N=c2s/c(=C\c3cc(I)c(OCc4ccc(Cl)cc4)c(OC)c3)c(=O)n2[C@H]1c1ccc(C(C)C)cc1. The van der Waals surface area contributed by atoms with Gasteiger partial charge in [0.25, 0.3) is 5.56 Å². The van der Waals surface area contributed by atoms with Crippen LogP contribution in [0.15, 0.2) is 81.7 Å². The first-order chi connectivity index (χ1) is 21.1. The van der Waals surface area contributed by atoms with Gasteiger partial charge in [-0.3, -0.25) is 9.36 Å². The fourth-order valence-corrected chi connectivity index (χ4v) is 6.97. The van der Waals surface area contributed by atoms with Crippen molar-refractivity contribution in [2.45, 2.75) is 46.3 Å². The van der Waals surface area contributed by atoms with E-state index in [-0.39, 0.29) is 12.2 Å². The number of thiazole rings is 1. The Morgan fingerprint density at radius 2 is 1.84 bits per heavy atom. The van der Waals surface area contributed by atoms with Crippen LogP contribution >= 0.6 is 45.5 Å². The molecule has 1 aliphatic heterocycles. The molecular formula is C34H32ClIN2O5S. The molecule has 5 rings (SSSR count). The van der Waals surface area contributed by atoms with Gasteiger partial charge in [-0.1, -0.05) is 73.2 Å². The monoisotopic (exact) mass is 742 g/mol. The Labute approximate surface area is 278 Å². The van der Waals surface area contributed by atoms with E-state index in [0.717, 1.165) is 20.3 Å². The number of fused-ring (bicyclic) bond motifs is 1. The summed E-state index contributed by atoms with van der Waals surface area (Å²) in [4.78, 5) is 32.4. The van der Waals surface area contributed by atoms with Crippen molar-refractivity contribution in [2.75, 3.05) is 13.7 Å². The highest BCUT2D eigenvalue weighted by Gasteiger charge is 2.33. The van der Waals surface area contributed by atoms with E-state index in [1.807, 2.05) is 66.7 Å². The third-order valence-electron chi connectivity index (χ3n) is 7.28. The summed E-state index contributed by atoms with van der Waals surface area (Å²) >= 11 is 9.50. The molecule has 0 saturated carbocycles. The predicted octanol–water partition coefficient (Wildman–Crippen LogP) is 6.77. The van der Waals surface area contributed by atoms with Gasteiger partial charge in [0.15, 0.2) is 16.3 Å². The van der Waals surface area contributed by atoms with Gasteiger partial charge in [-0.05, 0) is 95.0 Å². The lowest BCUT2D eigenvalue weighted by molar-refractivity contribution is -0.139. The molecule has 0 amide bonds. The molecule has 0 unspecified atom stereocenters. The van der Waals surface area contributed by atoms with Crippen LogP contribution in [0.5, 0.6) is 11.5 Å². The summed E-state index contributed by atoms with van der Waals surface area (Å²) in [5, 5.41) is 0.665. The Hall–Kier alpha value is -3.41. The second-order valence-corrected chi connectivity index (χ2v) is 13.2. The van der Waals surface area contributed by atoms with Crippen molar-refractivity contribution in [3.63, 3.8) is 0 Å². The predicted molar refractivity (Wildman–Crippen MR) is 182 cm³/mol. The van der Waals surface area contributed by atoms with Crippen LogP contribution in [0.2, 0.25) is 5.02 Å². The average Bonchev–Trinajstić information content (AvgIpc) is 3.30. The summed E-state index contributed by atoms with van der Waals surface area (Å²) < 4.78 is 20.1. The van der Waals surface area contributed by atoms with E-state index in [9.17, 15) is 9.59 Å². The van der Waals surface area contributed by atoms with Crippen LogP contribution in [0.1, 0.15) is 61.9 Å². The summed E-state index contributed by atoms with van der Waals surface area (Å²) in [6, 6.07) is 18.6. The second kappa shape index (κ2) is 13.7. The number of allylic oxidation sites excluding steroid dienone is 1. The number of nitrogens with zero attached hydrogens (tertiary/aromatic N) is 2. The Morgan fingerprint density at radius 1 is 1.14 bits per heavy atom. The fourth-order valence-electron chi connectivity index (χ4n) is 5.02. The number of rotatable bonds is 9. The molecule has 4 aromatic rings. The number of halogens is 2. The van der Waals surface area contributed by atoms with E-state index in [4.69, 9.17) is 25.8 Å². The van der Waals surface area contributed by atoms with Crippen molar-refractivity contribution in [3.05, 3.63) is 122 Å². The molecule has 0 spiro atoms. The molecule has 0 bridgehead atoms. The number of aromatic nitrogens is 1. The van der Waals surface area contributed by atoms with Crippen LogP contribution < -0.4 is 24.4 Å². The van der Waals surface area contributed by atoms with Gasteiger partial charge in [0.2, 0.25) is 0 Å². The molecule has 1 atom stereocenters. The molecule has 44 heavy (non-hydrogen) atoms. The van der Waals surface area contributed by atoms with Crippen molar-refractivity contribution in [3.8, 4) is 11.5 Å². The smallest absolute Gasteiger partial charge is 0.338 e. The molecule has 0 radical (unpaired) electrons. The Morgan fingerprint density at radius 3 is 2.48 bits per heavy atom. The summed E-state index contributed by atoms with van der Waals surface area (Å²) in [7, 11) is 1.59. The van der Waals surface area contributed by atoms with E-state index in [2.05, 4.69) is 41.4 Å². The highest BCUT2D eigenvalue weighted by atomic mass is 127. The molecule has 1 aliphatic rings. The molecular weight excluding hydrogens is 711 g/mol. The van der Waals surface area contributed by atoms with Crippen molar-refractivity contribution in [1.29, 1.82) is 0 Å². The van der Waals surface area contributed by atoms with Gasteiger partial charge in [0, 0.05) is 5.02 Å². The molecule has 7 nitrogen and oxygen atoms in total. The van der Waals surface area contributed by atoms with Gasteiger partial charge in [0.1, 0.15) is 6.61 Å². The molecule has 2 heterocycles. The van der Waals surface area contributed by atoms with E-state index >= 15 is 0 Å². The Balaban J connectivity index is 1.57. The van der Waals surface area contributed by atoms with Crippen molar-refractivity contribution in [1.82, 2.24) is 4.57 Å². The molecule has 0 aliphatic carbocycles. The van der Waals surface area contributed by atoms with Gasteiger partial charge < -0.3 is 14.2 Å². The van der Waals surface area contributed by atoms with Crippen LogP contribution in [0, 0.1) is 3.57 Å². The highest BCUT2D eigenvalue weighted by molar-refractivity contribution is 14.1. The zero-order valence-electron chi connectivity index (χ0n) is 25.0. The maximum absolute atomic E-state index is 14.0. The largest absolute Gasteiger partial charge is 0.493 e. The topological polar surface area (TPSA) is 79.1 Å². The first kappa shape index (κ1) is 32.0. The summed E-state index contributed by atoms with van der Waals surface area (Å²) in [5.41, 5.74) is 4.39. The molecule has 0 N–H and O–H groups in total. The van der Waals surface area contributed by atoms with Crippen LogP contribution in [-0.4, -0.2) is 24.3 Å². The third kappa shape index (κ3) is 6.64. The second-order valence-electron chi connectivity index (χ2n) is 10.6. The molecule has 0 saturated heterocycles. The van der Waals surface area contributed by atoms with E-state index < -0.39 is 12.0 Å². The quantitative estimate of drug-likeness (QED) is 0.140. The van der Waals surface area contributed by atoms with Crippen molar-refractivity contribution >= 4 is 57.6 Å². The minimum atomic E-state index is -0.660. The minimum absolute atomic E-state index is 0.221. The maximum Gasteiger partial charge on any atom is 0.338 e. The first-order valence-electron chi connectivity index (χ1n) is 14.2. The lowest BCUT2D eigenvalue weighted by Crippen LogP contribution is -2.39. The minimum Gasteiger partial charge on any atom is -0.493 e. The van der Waals surface area contributed by atoms with Gasteiger partial charge in [-0.15, -0.1) is 0 Å². The van der Waals surface area contributed by atoms with Crippen LogP contribution in [-0.2, 0) is 16.1 Å². The number of benzene rings is 3. The van der Waals surface area contributed by atoms with Crippen LogP contribution in [0.4, 0.5) is 0 Å². The van der Waals surface area contributed by atoms with Gasteiger partial charge >= 0.3 is 5.97 Å². The van der Waals surface area contributed by atoms with Gasteiger partial charge in [-0.2, -0.15) is 0 Å². The fraction of sp³-hybridized carbons (Fsp3) is 0.265. The number of carbonyl (C=O) groups excluding carboxylic acids is 1. The normalized spacial score (nSPS) is 14.8. The number of hydrogen-bond donors (Lipinski definition) is 0. The number of carbonyl (C=O) groups is 1. The molecule has 10 heteroatoms. The third-order valence-corrected chi connectivity index (χ3v) is 9.32. The highest BCUT2D eigenvalue weighted by Crippen LogP contribution is 2.35. The lowest BCUT2D eigenvalue weighted by atomic mass is 9.93. The van der Waals surface area contributed by atoms with Gasteiger partial charge in [-0.25, -0.2) is 9.79 Å². The van der Waals surface area contributed by atoms with Gasteiger partial charge in [0.05, 0.1) is 39.1 Å². The van der Waals surface area contributed by atoms with E-state index in [1.165, 1.54) is 16.9 Å². The lowest BCUT2D eigenvalue weighted by Gasteiger charge is -2.25. The number of esters is 1. The Kier molecular flexibility index (Phi) is 9.97. The van der Waals surface area contributed by atoms with Crippen LogP contribution in [0.25, 0.3) is 6.08 Å². The molecule has 228 valence electrons. The first-order valence-corrected chi connectivity index (χ1v) is 16.4. The number of ether oxygens (including phenoxy) is 3. The standard InChI is InChI=1S/C34H32ClIN2O5S/c1-6-42-33(40)29-20(4)37-34-38(30(29)24-11-9-23(10-12-24)19(2)3)32(39)28(44-34)17-22-15-26(36)31(27(16-22)41-5)43-18-21-7-13-25(35)14-8-21/h7-17,19,30H,6,18H2,1-5H3/b28-17-/t30-/m0/s1. The van der Waals surface area contributed by atoms with Crippen molar-refractivity contribution in [2.24, 2.45) is 4.99 Å². The zero-order chi connectivity index (χ0) is 31.5. The summed E-state index contributed by atoms with van der Waals surface area (Å²) in [6.07, 6.45) is 1.82. The van der Waals surface area contributed by atoms with Crippen LogP contribution in [0.3, 0.4) is 0 Å². The summed E-state index contributed by atoms with van der Waals surface area (Å²) in [5.74, 6) is 1.03. The Bertz CT molecular complexity index is 1910. The van der Waals surface area contributed by atoms with Crippen molar-refractivity contribution < 1.29 is 19.0 Å². The average molecular weight is 743 g/mol. The maximum atomic E-state index is 14.0. The van der Waals surface area contributed by atoms with E-state index in [1.54, 1.807) is 25.5 Å². The number of hydrogen-bond acceptors (Lipinski definition) is 7. The molecule has 1 aromatic heterocycles. The molecule has 3 aromatic carbocycles. The zero-order valence-corrected chi connectivity index (χ0v) is 28.7. The molecule has 0 fully saturated rings. The summed E-state index contributed by atoms with van der Waals surface area (Å²) in [6.45, 7) is 8.37. The van der Waals surface area contributed by atoms with E-state index in [0.29, 0.717) is 49.7 Å².